The Balaban J connectivity index is 1.51. The van der Waals surface area contributed by atoms with Gasteiger partial charge in [-0.25, -0.2) is 0 Å². The lowest BCUT2D eigenvalue weighted by atomic mass is 9.72. The van der Waals surface area contributed by atoms with E-state index in [1.807, 2.05) is 13.8 Å². The summed E-state index contributed by atoms with van der Waals surface area (Å²) in [5.41, 5.74) is 4.40. The van der Waals surface area contributed by atoms with Crippen LogP contribution in [-0.4, -0.2) is 81.9 Å². The van der Waals surface area contributed by atoms with E-state index in [2.05, 4.69) is 5.32 Å². The number of benzene rings is 2. The number of hydrogen-bond acceptors (Lipinski definition) is 11. The van der Waals surface area contributed by atoms with Crippen LogP contribution in [0.3, 0.4) is 0 Å². The van der Waals surface area contributed by atoms with Crippen LogP contribution in [0.1, 0.15) is 96.0 Å². The van der Waals surface area contributed by atoms with Crippen molar-refractivity contribution in [1.29, 1.82) is 0 Å². The fourth-order valence-corrected chi connectivity index (χ4v) is 6.60. The van der Waals surface area contributed by atoms with Crippen LogP contribution < -0.4 is 15.8 Å². The van der Waals surface area contributed by atoms with Gasteiger partial charge in [-0.3, -0.25) is 19.2 Å². The fraction of sp³-hybridized carbons (Fsp3) is 0.515. The number of nitrogens with two attached hydrogens (primary N) is 1. The molecular weight excluding hydrogens is 584 g/mol. The zero-order chi connectivity index (χ0) is 33.0. The molecule has 1 amide bonds. The molecule has 0 bridgehead atoms. The number of rotatable bonds is 8. The Morgan fingerprint density at radius 2 is 1.89 bits per heavy atom. The molecule has 3 aliphatic rings. The average molecular weight is 625 g/mol. The third kappa shape index (κ3) is 5.88. The predicted octanol–water partition coefficient (Wildman–Crippen LogP) is 1.85. The molecule has 45 heavy (non-hydrogen) atoms. The van der Waals surface area contributed by atoms with Crippen LogP contribution in [0.25, 0.3) is 0 Å². The molecule has 12 heteroatoms. The van der Waals surface area contributed by atoms with Crippen LogP contribution >= 0.6 is 0 Å². The zero-order valence-corrected chi connectivity index (χ0v) is 26.0. The lowest BCUT2D eigenvalue weighted by Crippen LogP contribution is -2.58. The Morgan fingerprint density at radius 1 is 1.18 bits per heavy atom. The summed E-state index contributed by atoms with van der Waals surface area (Å²) in [5, 5.41) is 36.6. The number of amides is 1. The third-order valence-electron chi connectivity index (χ3n) is 9.01. The maximum absolute atomic E-state index is 13.8. The smallest absolute Gasteiger partial charge is 0.237 e. The van der Waals surface area contributed by atoms with E-state index in [-0.39, 0.29) is 64.3 Å². The summed E-state index contributed by atoms with van der Waals surface area (Å²) in [7, 11) is 1.37. The maximum Gasteiger partial charge on any atom is 0.237 e. The van der Waals surface area contributed by atoms with Crippen molar-refractivity contribution in [3.05, 3.63) is 57.6 Å². The van der Waals surface area contributed by atoms with Crippen molar-refractivity contribution in [2.45, 2.75) is 95.7 Å². The van der Waals surface area contributed by atoms with Gasteiger partial charge < -0.3 is 40.6 Å². The Bertz CT molecular complexity index is 1550. The standard InChI is InChI=1S/C33H40N2O10/c1-14(2)9-20(34)32(41)35-21-11-24(44-15(3)28(21)37)45-23-13-33(42,16(4)36)12-17-10-19-27(30(39)25(17)23)31(40)26-18(29(19)38)7-6-8-22(26)43-5/h6-8,10,14-15,20-21,23-24,28,37,39,42H,9,11-13,34H2,1-5H3,(H,35,41). The van der Waals surface area contributed by atoms with Crippen LogP contribution in [0, 0.1) is 5.92 Å². The first kappa shape index (κ1) is 32.7. The van der Waals surface area contributed by atoms with Crippen molar-refractivity contribution in [3.8, 4) is 11.5 Å². The minimum Gasteiger partial charge on any atom is -0.507 e. The summed E-state index contributed by atoms with van der Waals surface area (Å²) in [6.45, 7) is 6.73. The Morgan fingerprint density at radius 3 is 2.53 bits per heavy atom. The van der Waals surface area contributed by atoms with Gasteiger partial charge in [0, 0.05) is 36.0 Å². The van der Waals surface area contributed by atoms with Gasteiger partial charge in [-0.1, -0.05) is 26.0 Å². The summed E-state index contributed by atoms with van der Waals surface area (Å²) in [6.07, 6.45) is -4.15. The van der Waals surface area contributed by atoms with E-state index in [1.54, 1.807) is 19.1 Å². The quantitative estimate of drug-likeness (QED) is 0.245. The molecule has 0 saturated carbocycles. The first-order chi connectivity index (χ1) is 21.2. The Kier molecular flexibility index (Phi) is 8.91. The number of aromatic hydroxyl groups is 1. The number of phenolic OH excluding ortho intramolecular Hbond substituents is 1. The largest absolute Gasteiger partial charge is 0.507 e. The molecule has 2 aromatic rings. The van der Waals surface area contributed by atoms with Crippen LogP contribution in [0.4, 0.5) is 0 Å². The summed E-state index contributed by atoms with van der Waals surface area (Å²) in [6, 6.07) is 4.47. The lowest BCUT2D eigenvalue weighted by Gasteiger charge is -2.42. The van der Waals surface area contributed by atoms with Crippen molar-refractivity contribution >= 4 is 23.3 Å². The molecule has 2 aromatic carbocycles. The van der Waals surface area contributed by atoms with Crippen molar-refractivity contribution in [2.75, 3.05) is 7.11 Å². The van der Waals surface area contributed by atoms with E-state index in [9.17, 15) is 34.5 Å². The van der Waals surface area contributed by atoms with E-state index in [1.165, 1.54) is 26.2 Å². The van der Waals surface area contributed by atoms with Gasteiger partial charge in [0.25, 0.3) is 0 Å². The first-order valence-electron chi connectivity index (χ1n) is 15.1. The van der Waals surface area contributed by atoms with Gasteiger partial charge in [-0.15, -0.1) is 0 Å². The molecule has 7 unspecified atom stereocenters. The van der Waals surface area contributed by atoms with E-state index in [0.717, 1.165) is 0 Å². The molecule has 2 aliphatic carbocycles. The van der Waals surface area contributed by atoms with Gasteiger partial charge in [0.2, 0.25) is 11.7 Å². The summed E-state index contributed by atoms with van der Waals surface area (Å²) in [4.78, 5) is 52.8. The van der Waals surface area contributed by atoms with Crippen molar-refractivity contribution in [1.82, 2.24) is 5.32 Å². The summed E-state index contributed by atoms with van der Waals surface area (Å²) in [5.74, 6) is -2.25. The first-order valence-corrected chi connectivity index (χ1v) is 15.1. The highest BCUT2D eigenvalue weighted by molar-refractivity contribution is 6.30. The van der Waals surface area contributed by atoms with Gasteiger partial charge in [0.1, 0.15) is 23.2 Å². The molecule has 0 radical (unpaired) electrons. The number of aliphatic hydroxyl groups excluding tert-OH is 1. The molecule has 6 N–H and O–H groups in total. The minimum absolute atomic E-state index is 0.0102. The number of aliphatic hydroxyl groups is 2. The lowest BCUT2D eigenvalue weighted by molar-refractivity contribution is -0.249. The van der Waals surface area contributed by atoms with Gasteiger partial charge >= 0.3 is 0 Å². The Hall–Kier alpha value is -3.68. The molecule has 12 nitrogen and oxygen atoms in total. The van der Waals surface area contributed by atoms with Crippen molar-refractivity contribution in [3.63, 3.8) is 0 Å². The van der Waals surface area contributed by atoms with Crippen LogP contribution in [0.2, 0.25) is 0 Å². The van der Waals surface area contributed by atoms with E-state index >= 15 is 0 Å². The highest BCUT2D eigenvalue weighted by Crippen LogP contribution is 2.48. The normalized spacial score (nSPS) is 28.2. The van der Waals surface area contributed by atoms with Gasteiger partial charge in [0.05, 0.1) is 42.5 Å². The molecule has 5 rings (SSSR count). The molecule has 7 atom stereocenters. The fourth-order valence-electron chi connectivity index (χ4n) is 6.60. The average Bonchev–Trinajstić information content (AvgIpc) is 2.97. The molecule has 1 fully saturated rings. The minimum atomic E-state index is -1.90. The topological polar surface area (TPSA) is 195 Å². The van der Waals surface area contributed by atoms with Gasteiger partial charge in [-0.05, 0) is 43.9 Å². The molecule has 242 valence electrons. The van der Waals surface area contributed by atoms with Crippen LogP contribution in [0.15, 0.2) is 24.3 Å². The highest BCUT2D eigenvalue weighted by Gasteiger charge is 2.48. The van der Waals surface area contributed by atoms with E-state index in [4.69, 9.17) is 19.9 Å². The number of methoxy groups -OCH3 is 1. The molecular formula is C33H40N2O10. The van der Waals surface area contributed by atoms with Crippen molar-refractivity contribution < 1.29 is 48.7 Å². The highest BCUT2D eigenvalue weighted by atomic mass is 16.7. The molecule has 1 heterocycles. The number of phenols is 1. The second-order valence-corrected chi connectivity index (χ2v) is 12.7. The number of carbonyl (C=O) groups is 4. The number of ketones is 3. The molecule has 0 aromatic heterocycles. The Labute approximate surface area is 260 Å². The zero-order valence-electron chi connectivity index (χ0n) is 26.0. The van der Waals surface area contributed by atoms with Crippen molar-refractivity contribution in [2.24, 2.45) is 11.7 Å². The van der Waals surface area contributed by atoms with Crippen LogP contribution in [-0.2, 0) is 25.5 Å². The molecule has 1 aliphatic heterocycles. The number of carbonyl (C=O) groups excluding carboxylic acids is 4. The number of Topliss-reactive ketones (excluding diaryl/α,β-unsaturated/α-hetero) is 1. The summed E-state index contributed by atoms with van der Waals surface area (Å²) >= 11 is 0. The number of ether oxygens (including phenoxy) is 3. The monoisotopic (exact) mass is 624 g/mol. The molecule has 0 spiro atoms. The third-order valence-corrected chi connectivity index (χ3v) is 9.01. The van der Waals surface area contributed by atoms with E-state index < -0.39 is 71.3 Å². The van der Waals surface area contributed by atoms with Crippen LogP contribution in [0.5, 0.6) is 11.5 Å². The number of nitrogens with one attached hydrogen (secondary N) is 1. The molecule has 1 saturated heterocycles. The second kappa shape index (κ2) is 12.3. The summed E-state index contributed by atoms with van der Waals surface area (Å²) < 4.78 is 17.5. The van der Waals surface area contributed by atoms with Gasteiger partial charge in [-0.2, -0.15) is 0 Å². The number of fused-ring (bicyclic) bond motifs is 3. The second-order valence-electron chi connectivity index (χ2n) is 12.7. The SMILES string of the molecule is COc1cccc2c1C(=O)c1c(cc3c(c1O)C(OC1CC(NC(=O)C(N)CC(C)C)C(O)C(C)O1)CC(O)(C(C)=O)C3)C2=O. The van der Waals surface area contributed by atoms with Gasteiger partial charge in [0.15, 0.2) is 17.9 Å². The maximum atomic E-state index is 13.8. The predicted molar refractivity (Wildman–Crippen MR) is 160 cm³/mol. The number of hydrogen-bond donors (Lipinski definition) is 5. The van der Waals surface area contributed by atoms with E-state index in [0.29, 0.717) is 6.42 Å².